The highest BCUT2D eigenvalue weighted by Crippen LogP contribution is 2.22. The van der Waals surface area contributed by atoms with E-state index in [0.29, 0.717) is 49.8 Å². The average Bonchev–Trinajstić information content (AvgIpc) is 3.16. The molecule has 1 aliphatic heterocycles. The van der Waals surface area contributed by atoms with E-state index in [1.165, 1.54) is 4.57 Å². The Balaban J connectivity index is 1.45. The molecule has 3 aromatic rings. The molecule has 2 aromatic heterocycles. The number of hydrogen-bond donors (Lipinski definition) is 1. The number of nitrogens with one attached hydrogen (secondary N) is 1. The van der Waals surface area contributed by atoms with Gasteiger partial charge in [-0.2, -0.15) is 4.98 Å². The van der Waals surface area contributed by atoms with Gasteiger partial charge in [-0.05, 0) is 12.5 Å². The summed E-state index contributed by atoms with van der Waals surface area (Å²) < 4.78 is 8.54. The van der Waals surface area contributed by atoms with Crippen molar-refractivity contribution in [3.8, 4) is 0 Å². The topological polar surface area (TPSA) is 105 Å². The van der Waals surface area contributed by atoms with Gasteiger partial charge in [0.15, 0.2) is 11.2 Å². The van der Waals surface area contributed by atoms with Gasteiger partial charge >= 0.3 is 11.7 Å². The van der Waals surface area contributed by atoms with Gasteiger partial charge in [0, 0.05) is 39.8 Å². The van der Waals surface area contributed by atoms with Crippen molar-refractivity contribution in [3.63, 3.8) is 0 Å². The van der Waals surface area contributed by atoms with Crippen molar-refractivity contribution in [3.05, 3.63) is 68.9 Å². The van der Waals surface area contributed by atoms with Crippen molar-refractivity contribution in [2.45, 2.75) is 20.1 Å². The predicted molar refractivity (Wildman–Crippen MR) is 125 cm³/mol. The number of aryl methyl sites for hydroxylation is 1. The van der Waals surface area contributed by atoms with E-state index < -0.39 is 11.2 Å². The van der Waals surface area contributed by atoms with Gasteiger partial charge in [0.2, 0.25) is 5.95 Å². The van der Waals surface area contributed by atoms with Crippen LogP contribution in [0.3, 0.4) is 0 Å². The highest BCUT2D eigenvalue weighted by molar-refractivity contribution is 5.75. The van der Waals surface area contributed by atoms with Gasteiger partial charge in [0.05, 0.1) is 6.54 Å². The van der Waals surface area contributed by atoms with Crippen LogP contribution < -0.4 is 16.1 Å². The highest BCUT2D eigenvalue weighted by atomic mass is 16.5. The van der Waals surface area contributed by atoms with Crippen LogP contribution in [-0.2, 0) is 29.7 Å². The van der Waals surface area contributed by atoms with Crippen molar-refractivity contribution in [2.24, 2.45) is 7.05 Å². The van der Waals surface area contributed by atoms with Crippen LogP contribution in [0.5, 0.6) is 0 Å². The fourth-order valence-electron chi connectivity index (χ4n) is 3.96. The van der Waals surface area contributed by atoms with Crippen LogP contribution in [0.4, 0.5) is 5.95 Å². The summed E-state index contributed by atoms with van der Waals surface area (Å²) in [4.78, 5) is 47.9. The van der Waals surface area contributed by atoms with E-state index in [9.17, 15) is 14.4 Å². The molecule has 174 valence electrons. The van der Waals surface area contributed by atoms with E-state index in [-0.39, 0.29) is 19.1 Å². The Morgan fingerprint density at radius 3 is 2.48 bits per heavy atom. The Hall–Kier alpha value is -3.66. The molecular formula is C23H28N6O4. The van der Waals surface area contributed by atoms with E-state index in [1.807, 2.05) is 42.2 Å². The Kier molecular flexibility index (Phi) is 6.45. The SMILES string of the molecule is C=C(C)Cn1c(N2CCN(CC(=O)OCc3ccccc3)CC2)nc2c1c(=O)[nH]c(=O)n2C. The Morgan fingerprint density at radius 2 is 1.82 bits per heavy atom. The molecule has 0 radical (unpaired) electrons. The number of benzene rings is 1. The summed E-state index contributed by atoms with van der Waals surface area (Å²) in [7, 11) is 1.58. The Labute approximate surface area is 190 Å². The molecular weight excluding hydrogens is 424 g/mol. The summed E-state index contributed by atoms with van der Waals surface area (Å²) in [6.45, 7) is 9.28. The quantitative estimate of drug-likeness (QED) is 0.419. The lowest BCUT2D eigenvalue weighted by Gasteiger charge is -2.34. The number of carbonyl (C=O) groups is 1. The molecule has 1 aromatic carbocycles. The summed E-state index contributed by atoms with van der Waals surface area (Å²) >= 11 is 0. The second-order valence-electron chi connectivity index (χ2n) is 8.36. The lowest BCUT2D eigenvalue weighted by molar-refractivity contribution is -0.146. The van der Waals surface area contributed by atoms with Crippen LogP contribution in [0.1, 0.15) is 12.5 Å². The van der Waals surface area contributed by atoms with E-state index in [1.54, 1.807) is 11.6 Å². The molecule has 1 fully saturated rings. The van der Waals surface area contributed by atoms with Crippen LogP contribution in [0.15, 0.2) is 52.1 Å². The normalized spacial score (nSPS) is 14.5. The number of fused-ring (bicyclic) bond motifs is 1. The Bertz CT molecular complexity index is 1280. The van der Waals surface area contributed by atoms with Crippen LogP contribution in [-0.4, -0.2) is 62.7 Å². The number of H-pyrrole nitrogens is 1. The number of esters is 1. The Morgan fingerprint density at radius 1 is 1.12 bits per heavy atom. The first kappa shape index (κ1) is 22.5. The summed E-state index contributed by atoms with van der Waals surface area (Å²) in [6.07, 6.45) is 0. The fourth-order valence-corrected chi connectivity index (χ4v) is 3.96. The molecule has 10 nitrogen and oxygen atoms in total. The summed E-state index contributed by atoms with van der Waals surface area (Å²) in [5, 5.41) is 0. The number of rotatable bonds is 7. The molecule has 1 aliphatic rings. The zero-order valence-electron chi connectivity index (χ0n) is 18.9. The summed E-state index contributed by atoms with van der Waals surface area (Å²) in [5.41, 5.74) is 1.54. The van der Waals surface area contributed by atoms with Crippen molar-refractivity contribution in [1.82, 2.24) is 24.0 Å². The number of anilines is 1. The van der Waals surface area contributed by atoms with Gasteiger partial charge in [-0.15, -0.1) is 0 Å². The minimum atomic E-state index is -0.502. The molecule has 0 saturated carbocycles. The maximum absolute atomic E-state index is 12.6. The monoisotopic (exact) mass is 452 g/mol. The van der Waals surface area contributed by atoms with Crippen LogP contribution in [0.25, 0.3) is 11.2 Å². The minimum Gasteiger partial charge on any atom is -0.460 e. The number of carbonyl (C=O) groups excluding carboxylic acids is 1. The third kappa shape index (κ3) is 4.90. The van der Waals surface area contributed by atoms with Gasteiger partial charge in [-0.25, -0.2) is 4.79 Å². The maximum atomic E-state index is 12.6. The van der Waals surface area contributed by atoms with E-state index >= 15 is 0 Å². The molecule has 0 atom stereocenters. The summed E-state index contributed by atoms with van der Waals surface area (Å²) in [5.74, 6) is 0.356. The zero-order chi connectivity index (χ0) is 23.5. The first-order valence-corrected chi connectivity index (χ1v) is 10.8. The van der Waals surface area contributed by atoms with E-state index in [0.717, 1.165) is 11.1 Å². The van der Waals surface area contributed by atoms with Gasteiger partial charge in [-0.1, -0.05) is 42.5 Å². The minimum absolute atomic E-state index is 0.219. The number of imidazole rings is 1. The molecule has 0 aliphatic carbocycles. The molecule has 0 unspecified atom stereocenters. The van der Waals surface area contributed by atoms with Crippen molar-refractivity contribution < 1.29 is 9.53 Å². The van der Waals surface area contributed by atoms with Crippen LogP contribution in [0, 0.1) is 0 Å². The number of nitrogens with zero attached hydrogens (tertiary/aromatic N) is 5. The fraction of sp³-hybridized carbons (Fsp3) is 0.391. The molecule has 1 N–H and O–H groups in total. The number of aromatic amines is 1. The third-order valence-electron chi connectivity index (χ3n) is 5.67. The lowest BCUT2D eigenvalue weighted by Crippen LogP contribution is -2.49. The molecule has 3 heterocycles. The third-order valence-corrected chi connectivity index (χ3v) is 5.67. The molecule has 0 bridgehead atoms. The van der Waals surface area contributed by atoms with Crippen LogP contribution in [0.2, 0.25) is 0 Å². The summed E-state index contributed by atoms with van der Waals surface area (Å²) in [6, 6.07) is 9.59. The van der Waals surface area contributed by atoms with E-state index in [2.05, 4.69) is 21.4 Å². The largest absolute Gasteiger partial charge is 0.460 e. The lowest BCUT2D eigenvalue weighted by atomic mass is 10.2. The number of aromatic nitrogens is 4. The van der Waals surface area contributed by atoms with Crippen molar-refractivity contribution in [2.75, 3.05) is 37.6 Å². The van der Waals surface area contributed by atoms with Crippen LogP contribution >= 0.6 is 0 Å². The number of piperazine rings is 1. The molecule has 1 saturated heterocycles. The molecule has 0 amide bonds. The van der Waals surface area contributed by atoms with Gasteiger partial charge < -0.3 is 14.2 Å². The van der Waals surface area contributed by atoms with Gasteiger partial charge in [0.1, 0.15) is 6.61 Å². The van der Waals surface area contributed by atoms with Gasteiger partial charge in [-0.3, -0.25) is 24.0 Å². The number of ether oxygens (including phenoxy) is 1. The number of hydrogen-bond acceptors (Lipinski definition) is 7. The molecule has 10 heteroatoms. The second kappa shape index (κ2) is 9.45. The second-order valence-corrected chi connectivity index (χ2v) is 8.36. The maximum Gasteiger partial charge on any atom is 0.329 e. The van der Waals surface area contributed by atoms with Crippen molar-refractivity contribution in [1.29, 1.82) is 0 Å². The average molecular weight is 453 g/mol. The molecule has 33 heavy (non-hydrogen) atoms. The molecule has 0 spiro atoms. The van der Waals surface area contributed by atoms with Crippen molar-refractivity contribution >= 4 is 23.1 Å². The van der Waals surface area contributed by atoms with E-state index in [4.69, 9.17) is 4.74 Å². The highest BCUT2D eigenvalue weighted by Gasteiger charge is 2.26. The first-order chi connectivity index (χ1) is 15.8. The smallest absolute Gasteiger partial charge is 0.329 e. The standard InChI is InChI=1S/C23H28N6O4/c1-16(2)13-29-19-20(26(3)23(32)25-21(19)31)24-22(29)28-11-9-27(10-12-28)14-18(30)33-15-17-7-5-4-6-8-17/h4-8H,1,9-15H2,2-3H3,(H,25,31,32). The van der Waals surface area contributed by atoms with Gasteiger partial charge in [0.25, 0.3) is 5.56 Å². The predicted octanol–water partition coefficient (Wildman–Crippen LogP) is 0.865. The first-order valence-electron chi connectivity index (χ1n) is 10.8. The number of allylic oxidation sites excluding steroid dienone is 1. The molecule has 4 rings (SSSR count). The zero-order valence-corrected chi connectivity index (χ0v) is 18.9.